The molecule has 5 heteroatoms. The molecule has 0 amide bonds. The molecule has 0 unspecified atom stereocenters. The number of nitrogens with zero attached hydrogens (tertiary/aromatic N) is 2. The average molecular weight is 181 g/mol. The number of aromatic amines is 1. The van der Waals surface area contributed by atoms with Crippen LogP contribution in [-0.4, -0.2) is 15.7 Å². The smallest absolute Gasteiger partial charge is 0.251 e. The van der Waals surface area contributed by atoms with Crippen LogP contribution in [0.4, 0.5) is 0 Å². The molecule has 0 spiro atoms. The van der Waals surface area contributed by atoms with Crippen molar-refractivity contribution in [1.29, 1.82) is 5.26 Å². The maximum atomic E-state index is 10.7. The molecule has 62 valence electrons. The van der Waals surface area contributed by atoms with E-state index >= 15 is 0 Å². The summed E-state index contributed by atoms with van der Waals surface area (Å²) in [4.78, 5) is 17.2. The molecule has 1 rings (SSSR count). The molecule has 12 heavy (non-hydrogen) atoms. The molecule has 0 aliphatic carbocycles. The maximum absolute atomic E-state index is 10.7. The lowest BCUT2D eigenvalue weighted by Gasteiger charge is -1.94. The molecule has 0 bridgehead atoms. The van der Waals surface area contributed by atoms with Gasteiger partial charge in [0.2, 0.25) is 0 Å². The summed E-state index contributed by atoms with van der Waals surface area (Å²) in [6.45, 7) is 0. The Labute approximate surface area is 73.6 Å². The maximum Gasteiger partial charge on any atom is 0.251 e. The zero-order chi connectivity index (χ0) is 8.81. The van der Waals surface area contributed by atoms with Crippen molar-refractivity contribution in [3.05, 3.63) is 22.6 Å². The predicted molar refractivity (Wildman–Crippen MR) is 45.8 cm³/mol. The minimum absolute atomic E-state index is 0.163. The van der Waals surface area contributed by atoms with Crippen molar-refractivity contribution in [2.45, 2.75) is 11.6 Å². The Bertz CT molecular complexity index is 341. The molecule has 4 nitrogen and oxygen atoms in total. The number of hydrogen-bond acceptors (Lipinski definition) is 4. The number of nitriles is 1. The van der Waals surface area contributed by atoms with E-state index in [1.807, 2.05) is 6.07 Å². The van der Waals surface area contributed by atoms with Gasteiger partial charge in [0.1, 0.15) is 0 Å². The van der Waals surface area contributed by atoms with Gasteiger partial charge < -0.3 is 4.98 Å². The van der Waals surface area contributed by atoms with Crippen LogP contribution in [0.5, 0.6) is 0 Å². The van der Waals surface area contributed by atoms with Crippen molar-refractivity contribution in [2.75, 3.05) is 5.75 Å². The van der Waals surface area contributed by atoms with Crippen LogP contribution < -0.4 is 5.56 Å². The van der Waals surface area contributed by atoms with Gasteiger partial charge in [-0.25, -0.2) is 4.98 Å². The van der Waals surface area contributed by atoms with Crippen molar-refractivity contribution in [1.82, 2.24) is 9.97 Å². The van der Waals surface area contributed by atoms with E-state index in [4.69, 9.17) is 5.26 Å². The lowest BCUT2D eigenvalue weighted by molar-refractivity contribution is 0.935. The van der Waals surface area contributed by atoms with E-state index in [-0.39, 0.29) is 5.56 Å². The van der Waals surface area contributed by atoms with Gasteiger partial charge in [-0.2, -0.15) is 5.26 Å². The monoisotopic (exact) mass is 181 g/mol. The fraction of sp³-hybridized carbons (Fsp3) is 0.286. The normalized spacial score (nSPS) is 9.25. The summed E-state index contributed by atoms with van der Waals surface area (Å²) in [5.74, 6) is 0.656. The van der Waals surface area contributed by atoms with E-state index in [0.717, 1.165) is 0 Å². The number of aromatic nitrogens is 2. The highest BCUT2D eigenvalue weighted by Gasteiger charge is 1.94. The van der Waals surface area contributed by atoms with Gasteiger partial charge in [0.15, 0.2) is 5.16 Å². The van der Waals surface area contributed by atoms with Gasteiger partial charge in [-0.15, -0.1) is 0 Å². The van der Waals surface area contributed by atoms with Crippen molar-refractivity contribution in [3.63, 3.8) is 0 Å². The predicted octanol–water partition coefficient (Wildman–Crippen LogP) is 0.776. The molecule has 0 saturated carbocycles. The molecule has 0 fully saturated rings. The Morgan fingerprint density at radius 1 is 1.75 bits per heavy atom. The Hall–Kier alpha value is -1.28. The van der Waals surface area contributed by atoms with Gasteiger partial charge >= 0.3 is 0 Å². The van der Waals surface area contributed by atoms with E-state index in [1.54, 1.807) is 0 Å². The number of thioether (sulfide) groups is 1. The van der Waals surface area contributed by atoms with E-state index in [0.29, 0.717) is 17.3 Å². The van der Waals surface area contributed by atoms with Gasteiger partial charge in [0.05, 0.1) is 6.07 Å². The highest BCUT2D eigenvalue weighted by molar-refractivity contribution is 7.99. The lowest BCUT2D eigenvalue weighted by atomic mass is 10.6. The molecule has 1 aromatic heterocycles. The fourth-order valence-electron chi connectivity index (χ4n) is 0.619. The third-order valence-electron chi connectivity index (χ3n) is 1.10. The quantitative estimate of drug-likeness (QED) is 0.425. The van der Waals surface area contributed by atoms with Crippen LogP contribution in [0, 0.1) is 11.3 Å². The zero-order valence-electron chi connectivity index (χ0n) is 6.28. The number of nitrogens with one attached hydrogen (secondary N) is 1. The minimum Gasteiger partial charge on any atom is -0.301 e. The molecule has 0 atom stereocenters. The Morgan fingerprint density at radius 3 is 3.25 bits per heavy atom. The van der Waals surface area contributed by atoms with Crippen LogP contribution in [0.15, 0.2) is 22.2 Å². The molecule has 0 aliphatic heterocycles. The topological polar surface area (TPSA) is 69.5 Å². The first-order valence-electron chi connectivity index (χ1n) is 3.38. The first-order chi connectivity index (χ1) is 5.83. The number of H-pyrrole nitrogens is 1. The third kappa shape index (κ3) is 2.76. The molecule has 1 N–H and O–H groups in total. The Morgan fingerprint density at radius 2 is 2.58 bits per heavy atom. The number of rotatable bonds is 3. The van der Waals surface area contributed by atoms with Crippen LogP contribution in [0.2, 0.25) is 0 Å². The number of hydrogen-bond donors (Lipinski definition) is 1. The minimum atomic E-state index is -0.163. The second-order valence-corrected chi connectivity index (χ2v) is 3.08. The largest absolute Gasteiger partial charge is 0.301 e. The first-order valence-corrected chi connectivity index (χ1v) is 4.36. The average Bonchev–Trinajstić information content (AvgIpc) is 2.05. The first kappa shape index (κ1) is 8.81. The summed E-state index contributed by atoms with van der Waals surface area (Å²) >= 11 is 1.37. The lowest BCUT2D eigenvalue weighted by Crippen LogP contribution is -2.05. The zero-order valence-corrected chi connectivity index (χ0v) is 7.10. The summed E-state index contributed by atoms with van der Waals surface area (Å²) in [7, 11) is 0. The third-order valence-corrected chi connectivity index (χ3v) is 1.99. The van der Waals surface area contributed by atoms with Crippen molar-refractivity contribution in [3.8, 4) is 6.07 Å². The summed E-state index contributed by atoms with van der Waals surface area (Å²) in [6, 6.07) is 3.37. The highest BCUT2D eigenvalue weighted by Crippen LogP contribution is 2.09. The summed E-state index contributed by atoms with van der Waals surface area (Å²) in [5.41, 5.74) is -0.163. The van der Waals surface area contributed by atoms with Gasteiger partial charge in [-0.3, -0.25) is 4.79 Å². The molecule has 0 aliphatic rings. The highest BCUT2D eigenvalue weighted by atomic mass is 32.2. The summed E-state index contributed by atoms with van der Waals surface area (Å²) in [5, 5.41) is 8.81. The Kier molecular flexibility index (Phi) is 3.35. The fourth-order valence-corrected chi connectivity index (χ4v) is 1.31. The van der Waals surface area contributed by atoms with Crippen molar-refractivity contribution < 1.29 is 0 Å². The second-order valence-electron chi connectivity index (χ2n) is 2.00. The van der Waals surface area contributed by atoms with E-state index < -0.39 is 0 Å². The van der Waals surface area contributed by atoms with Gasteiger partial charge in [-0.1, -0.05) is 11.8 Å². The van der Waals surface area contributed by atoms with E-state index in [1.165, 1.54) is 24.0 Å². The van der Waals surface area contributed by atoms with Crippen molar-refractivity contribution >= 4 is 11.8 Å². The van der Waals surface area contributed by atoms with Crippen LogP contribution in [0.1, 0.15) is 6.42 Å². The summed E-state index contributed by atoms with van der Waals surface area (Å²) in [6.07, 6.45) is 1.91. The van der Waals surface area contributed by atoms with Crippen molar-refractivity contribution in [2.24, 2.45) is 0 Å². The molecule has 1 aromatic rings. The van der Waals surface area contributed by atoms with Gasteiger partial charge in [0, 0.05) is 24.4 Å². The van der Waals surface area contributed by atoms with Crippen LogP contribution in [0.3, 0.4) is 0 Å². The summed E-state index contributed by atoms with van der Waals surface area (Å²) < 4.78 is 0. The molecular weight excluding hydrogens is 174 g/mol. The van der Waals surface area contributed by atoms with E-state index in [2.05, 4.69) is 9.97 Å². The molecule has 1 heterocycles. The second kappa shape index (κ2) is 4.57. The van der Waals surface area contributed by atoms with Crippen LogP contribution in [-0.2, 0) is 0 Å². The van der Waals surface area contributed by atoms with Crippen LogP contribution in [0.25, 0.3) is 0 Å². The molecule has 0 radical (unpaired) electrons. The SMILES string of the molecule is N#CCCSc1nccc(=O)[nH]1. The molecule has 0 aromatic carbocycles. The van der Waals surface area contributed by atoms with Gasteiger partial charge in [0.25, 0.3) is 5.56 Å². The van der Waals surface area contributed by atoms with E-state index in [9.17, 15) is 4.79 Å². The Balaban J connectivity index is 2.53. The molecule has 0 saturated heterocycles. The van der Waals surface area contributed by atoms with Gasteiger partial charge in [-0.05, 0) is 0 Å². The van der Waals surface area contributed by atoms with Crippen LogP contribution >= 0.6 is 11.8 Å². The standard InChI is InChI=1S/C7H7N3OS/c8-3-1-5-12-7-9-4-2-6(11)10-7/h2,4H,1,5H2,(H,9,10,11). The molecular formula is C7H7N3OS.